The van der Waals surface area contributed by atoms with Crippen molar-refractivity contribution in [2.45, 2.75) is 6.92 Å². The predicted molar refractivity (Wildman–Crippen MR) is 26.3 cm³/mol. The number of hydrogen-bond donors (Lipinski definition) is 1. The van der Waals surface area contributed by atoms with E-state index in [9.17, 15) is 4.57 Å². The second-order valence-corrected chi connectivity index (χ2v) is 4.10. The Kier molecular flexibility index (Phi) is 5.78. The Morgan fingerprint density at radius 1 is 1.71 bits per heavy atom. The minimum Gasteiger partial charge on any atom is -0.344 e. The molecule has 1 unspecified atom stereocenters. The van der Waals surface area contributed by atoms with Crippen molar-refractivity contribution < 1.29 is 28.9 Å². The van der Waals surface area contributed by atoms with Crippen LogP contribution in [0.2, 0.25) is 0 Å². The molecule has 2 nitrogen and oxygen atoms in total. The minimum absolute atomic E-state index is 0. The summed E-state index contributed by atoms with van der Waals surface area (Å²) in [6.07, 6.45) is 0.382. The van der Waals surface area contributed by atoms with Gasteiger partial charge >= 0.3 is 0 Å². The summed E-state index contributed by atoms with van der Waals surface area (Å²) in [4.78, 5) is 8.38. The van der Waals surface area contributed by atoms with E-state index >= 15 is 0 Å². The molecule has 1 N–H and O–H groups in total. The first kappa shape index (κ1) is 10.7. The van der Waals surface area contributed by atoms with Crippen LogP contribution in [-0.4, -0.2) is 17.7 Å². The summed E-state index contributed by atoms with van der Waals surface area (Å²) in [5.74, 6) is 0. The van der Waals surface area contributed by atoms with Gasteiger partial charge in [-0.2, -0.15) is 0 Å². The Morgan fingerprint density at radius 3 is 1.86 bits per heavy atom. The topological polar surface area (TPSA) is 37.3 Å². The molecule has 7 heavy (non-hydrogen) atoms. The van der Waals surface area contributed by atoms with E-state index in [-0.39, 0.29) is 19.5 Å². The van der Waals surface area contributed by atoms with Gasteiger partial charge in [0.25, 0.3) is 0 Å². The number of rotatable bonds is 1. The molecule has 0 saturated carbocycles. The third-order valence-corrected chi connectivity index (χ3v) is 1.76. The van der Waals surface area contributed by atoms with Crippen LogP contribution in [0.4, 0.5) is 0 Å². The van der Waals surface area contributed by atoms with E-state index in [2.05, 4.69) is 0 Å². The molecule has 0 bridgehead atoms. The molecule has 0 rings (SSSR count). The van der Waals surface area contributed by atoms with Gasteiger partial charge in [0.2, 0.25) is 0 Å². The van der Waals surface area contributed by atoms with Gasteiger partial charge in [0.15, 0.2) is 7.37 Å². The average Bonchev–Trinajstić information content (AvgIpc) is 1.35. The monoisotopic (exact) mass is 172 g/mol. The third kappa shape index (κ3) is 10.9. The Hall–Kier alpha value is 0.813. The SMILES string of the molecule is CCP(C)(=O)O.[Zn]. The van der Waals surface area contributed by atoms with Crippen molar-refractivity contribution in [2.75, 3.05) is 12.8 Å². The van der Waals surface area contributed by atoms with Crippen molar-refractivity contribution in [1.82, 2.24) is 0 Å². The summed E-state index contributed by atoms with van der Waals surface area (Å²) in [5.41, 5.74) is 0. The summed E-state index contributed by atoms with van der Waals surface area (Å²) in [5, 5.41) is 0. The van der Waals surface area contributed by atoms with E-state index in [1.54, 1.807) is 6.92 Å². The van der Waals surface area contributed by atoms with Gasteiger partial charge in [0.1, 0.15) is 0 Å². The van der Waals surface area contributed by atoms with Crippen LogP contribution in [0.1, 0.15) is 6.92 Å². The van der Waals surface area contributed by atoms with Crippen molar-refractivity contribution in [3.05, 3.63) is 0 Å². The van der Waals surface area contributed by atoms with Gasteiger partial charge in [-0.1, -0.05) is 6.92 Å². The average molecular weight is 173 g/mol. The molecule has 0 amide bonds. The molecule has 40 valence electrons. The molecule has 0 aliphatic heterocycles. The fourth-order valence-corrected chi connectivity index (χ4v) is 0. The van der Waals surface area contributed by atoms with E-state index in [0.717, 1.165) is 0 Å². The van der Waals surface area contributed by atoms with Crippen LogP contribution < -0.4 is 0 Å². The largest absolute Gasteiger partial charge is 0.344 e. The van der Waals surface area contributed by atoms with Crippen LogP contribution in [0.25, 0.3) is 0 Å². The van der Waals surface area contributed by atoms with Crippen LogP contribution in [-0.2, 0) is 24.0 Å². The standard InChI is InChI=1S/C3H9O2P.Zn/c1-3-6(2,4)5;/h3H2,1-2H3,(H,4,5);. The molecule has 0 aliphatic rings. The van der Waals surface area contributed by atoms with Crippen molar-refractivity contribution >= 4 is 7.37 Å². The van der Waals surface area contributed by atoms with Gasteiger partial charge in [-0.05, 0) is 0 Å². The van der Waals surface area contributed by atoms with Crippen LogP contribution in [0.5, 0.6) is 0 Å². The zero-order chi connectivity index (χ0) is 5.21. The maximum Gasteiger partial charge on any atom is 0.197 e. The molecule has 4 heteroatoms. The smallest absolute Gasteiger partial charge is 0.197 e. The van der Waals surface area contributed by atoms with Gasteiger partial charge in [-0.25, -0.2) is 0 Å². The molecular weight excluding hydrogens is 164 g/mol. The van der Waals surface area contributed by atoms with Crippen molar-refractivity contribution in [2.24, 2.45) is 0 Å². The zero-order valence-electron chi connectivity index (χ0n) is 4.72. The van der Waals surface area contributed by atoms with E-state index < -0.39 is 7.37 Å². The minimum atomic E-state index is -2.65. The van der Waals surface area contributed by atoms with E-state index in [4.69, 9.17) is 4.89 Å². The van der Waals surface area contributed by atoms with Crippen LogP contribution in [0, 0.1) is 0 Å². The Balaban J connectivity index is 0. The maximum atomic E-state index is 10.1. The van der Waals surface area contributed by atoms with Gasteiger partial charge in [0, 0.05) is 32.3 Å². The second-order valence-electron chi connectivity index (χ2n) is 1.37. The summed E-state index contributed by atoms with van der Waals surface area (Å²) in [6.45, 7) is 3.05. The Morgan fingerprint density at radius 2 is 1.86 bits per heavy atom. The van der Waals surface area contributed by atoms with Crippen LogP contribution >= 0.6 is 7.37 Å². The van der Waals surface area contributed by atoms with E-state index in [1.807, 2.05) is 0 Å². The Bertz CT molecular complexity index is 77.0. The van der Waals surface area contributed by atoms with Gasteiger partial charge < -0.3 is 4.89 Å². The second kappa shape index (κ2) is 3.77. The first-order valence-electron chi connectivity index (χ1n) is 1.85. The van der Waals surface area contributed by atoms with Crippen LogP contribution in [0.15, 0.2) is 0 Å². The van der Waals surface area contributed by atoms with E-state index in [1.165, 1.54) is 6.66 Å². The normalized spacial score (nSPS) is 17.0. The zero-order valence-corrected chi connectivity index (χ0v) is 8.58. The summed E-state index contributed by atoms with van der Waals surface area (Å²) in [7, 11) is -2.65. The molecule has 0 heterocycles. The summed E-state index contributed by atoms with van der Waals surface area (Å²) in [6, 6.07) is 0. The Labute approximate surface area is 56.5 Å². The molecule has 0 fully saturated rings. The molecular formula is C3H9O2PZn. The summed E-state index contributed by atoms with van der Waals surface area (Å²) < 4.78 is 10.1. The number of hydrogen-bond acceptors (Lipinski definition) is 1. The molecule has 0 aromatic rings. The molecule has 0 aromatic carbocycles. The molecule has 0 aromatic heterocycles. The predicted octanol–water partition coefficient (Wildman–Crippen LogP) is 0.904. The summed E-state index contributed by atoms with van der Waals surface area (Å²) >= 11 is 0. The van der Waals surface area contributed by atoms with Crippen LogP contribution in [0.3, 0.4) is 0 Å². The molecule has 0 aliphatic carbocycles. The van der Waals surface area contributed by atoms with Gasteiger partial charge in [-0.15, -0.1) is 0 Å². The fraction of sp³-hybridized carbons (Fsp3) is 1.00. The maximum absolute atomic E-state index is 10.1. The molecule has 1 atom stereocenters. The fourth-order valence-electron chi connectivity index (χ4n) is 0. The van der Waals surface area contributed by atoms with E-state index in [0.29, 0.717) is 6.16 Å². The molecule has 0 spiro atoms. The quantitative estimate of drug-likeness (QED) is 0.473. The van der Waals surface area contributed by atoms with Crippen molar-refractivity contribution in [3.63, 3.8) is 0 Å². The molecule has 0 saturated heterocycles. The third-order valence-electron chi connectivity index (χ3n) is 0.587. The first-order chi connectivity index (χ1) is 2.56. The first-order valence-corrected chi connectivity index (χ1v) is 4.15. The van der Waals surface area contributed by atoms with Gasteiger partial charge in [0.05, 0.1) is 0 Å². The van der Waals surface area contributed by atoms with Crippen molar-refractivity contribution in [1.29, 1.82) is 0 Å². The van der Waals surface area contributed by atoms with Gasteiger partial charge in [-0.3, -0.25) is 4.57 Å². The van der Waals surface area contributed by atoms with Crippen molar-refractivity contribution in [3.8, 4) is 0 Å². The molecule has 0 radical (unpaired) electrons.